The van der Waals surface area contributed by atoms with Crippen molar-refractivity contribution in [3.05, 3.63) is 60.2 Å². The summed E-state index contributed by atoms with van der Waals surface area (Å²) in [7, 11) is 0. The van der Waals surface area contributed by atoms with Crippen molar-refractivity contribution in [1.82, 2.24) is 0 Å². The summed E-state index contributed by atoms with van der Waals surface area (Å²) in [5.41, 5.74) is 2.97. The van der Waals surface area contributed by atoms with E-state index >= 15 is 0 Å². The van der Waals surface area contributed by atoms with E-state index in [-0.39, 0.29) is 0 Å². The molecule has 0 bridgehead atoms. The van der Waals surface area contributed by atoms with E-state index in [1.807, 2.05) is 6.07 Å². The van der Waals surface area contributed by atoms with Crippen LogP contribution < -0.4 is 0 Å². The maximum atomic E-state index is 11.3. The molecule has 2 aliphatic rings. The quantitative estimate of drug-likeness (QED) is 0.744. The van der Waals surface area contributed by atoms with Crippen LogP contribution in [0.5, 0.6) is 0 Å². The third-order valence-corrected chi connectivity index (χ3v) is 6.36. The Morgan fingerprint density at radius 1 is 0.708 bits per heavy atom. The first-order valence-corrected chi connectivity index (χ1v) is 9.63. The average molecular weight is 320 g/mol. The van der Waals surface area contributed by atoms with E-state index in [4.69, 9.17) is 0 Å². The molecule has 0 amide bonds. The van der Waals surface area contributed by atoms with Crippen molar-refractivity contribution >= 4 is 0 Å². The topological polar surface area (TPSA) is 20.2 Å². The molecule has 0 aromatic heterocycles. The number of rotatable bonds is 3. The Balaban J connectivity index is 1.53. The van der Waals surface area contributed by atoms with Crippen molar-refractivity contribution in [2.45, 2.75) is 57.0 Å². The second-order valence-corrected chi connectivity index (χ2v) is 7.88. The molecule has 0 aliphatic heterocycles. The summed E-state index contributed by atoms with van der Waals surface area (Å²) in [6.07, 6.45) is 9.91. The molecule has 24 heavy (non-hydrogen) atoms. The standard InChI is InChI=1S/C23H28O/c24-23(16-6-11-21(17-23)19-9-4-5-10-19)22-14-12-20(13-15-22)18-7-2-1-3-8-18/h1-3,7-8,12-15,19,21,24H,4-6,9-11,16-17H2/t21?,23-/m0/s1. The highest BCUT2D eigenvalue weighted by Gasteiger charge is 2.39. The predicted octanol–water partition coefficient (Wildman–Crippen LogP) is 5.92. The zero-order valence-corrected chi connectivity index (χ0v) is 14.5. The minimum absolute atomic E-state index is 0.610. The van der Waals surface area contributed by atoms with E-state index in [0.717, 1.165) is 36.7 Å². The second-order valence-electron chi connectivity index (χ2n) is 7.88. The van der Waals surface area contributed by atoms with Gasteiger partial charge in [0, 0.05) is 0 Å². The van der Waals surface area contributed by atoms with Gasteiger partial charge in [-0.2, -0.15) is 0 Å². The molecule has 1 unspecified atom stereocenters. The van der Waals surface area contributed by atoms with Crippen LogP contribution in [0.4, 0.5) is 0 Å². The summed E-state index contributed by atoms with van der Waals surface area (Å²) >= 11 is 0. The number of hydrogen-bond acceptors (Lipinski definition) is 1. The Kier molecular flexibility index (Phi) is 4.45. The van der Waals surface area contributed by atoms with Crippen molar-refractivity contribution in [1.29, 1.82) is 0 Å². The Labute approximate surface area is 145 Å². The van der Waals surface area contributed by atoms with Crippen LogP contribution in [0.15, 0.2) is 54.6 Å². The van der Waals surface area contributed by atoms with Crippen molar-refractivity contribution in [3.8, 4) is 11.1 Å². The molecule has 2 fully saturated rings. The number of aliphatic hydroxyl groups is 1. The zero-order valence-electron chi connectivity index (χ0n) is 14.5. The summed E-state index contributed by atoms with van der Waals surface area (Å²) < 4.78 is 0. The zero-order chi connectivity index (χ0) is 16.4. The molecule has 0 spiro atoms. The smallest absolute Gasteiger partial charge is 0.0899 e. The van der Waals surface area contributed by atoms with Crippen LogP contribution in [-0.4, -0.2) is 5.11 Å². The summed E-state index contributed by atoms with van der Waals surface area (Å²) in [5.74, 6) is 1.58. The van der Waals surface area contributed by atoms with Crippen LogP contribution in [0.2, 0.25) is 0 Å². The molecular formula is C23H28O. The van der Waals surface area contributed by atoms with E-state index in [2.05, 4.69) is 48.5 Å². The lowest BCUT2D eigenvalue weighted by Crippen LogP contribution is -2.35. The van der Waals surface area contributed by atoms with Gasteiger partial charge in [0.05, 0.1) is 5.60 Å². The van der Waals surface area contributed by atoms with Gasteiger partial charge in [0.25, 0.3) is 0 Å². The number of hydrogen-bond donors (Lipinski definition) is 1. The predicted molar refractivity (Wildman–Crippen MR) is 99.7 cm³/mol. The maximum absolute atomic E-state index is 11.3. The fourth-order valence-electron chi connectivity index (χ4n) is 4.99. The number of benzene rings is 2. The molecule has 2 atom stereocenters. The summed E-state index contributed by atoms with van der Waals surface area (Å²) in [6.45, 7) is 0. The summed E-state index contributed by atoms with van der Waals surface area (Å²) in [5, 5.41) is 11.3. The molecule has 1 nitrogen and oxygen atoms in total. The Bertz CT molecular complexity index is 654. The van der Waals surface area contributed by atoms with E-state index in [9.17, 15) is 5.11 Å². The molecule has 2 saturated carbocycles. The normalized spacial score (nSPS) is 28.1. The molecule has 126 valence electrons. The highest BCUT2D eigenvalue weighted by Crippen LogP contribution is 2.46. The highest BCUT2D eigenvalue weighted by atomic mass is 16.3. The molecular weight excluding hydrogens is 292 g/mol. The van der Waals surface area contributed by atoms with Crippen LogP contribution in [-0.2, 0) is 5.60 Å². The highest BCUT2D eigenvalue weighted by molar-refractivity contribution is 5.63. The van der Waals surface area contributed by atoms with Gasteiger partial charge in [0.1, 0.15) is 0 Å². The monoisotopic (exact) mass is 320 g/mol. The minimum Gasteiger partial charge on any atom is -0.385 e. The van der Waals surface area contributed by atoms with Gasteiger partial charge in [-0.25, -0.2) is 0 Å². The van der Waals surface area contributed by atoms with Gasteiger partial charge < -0.3 is 5.11 Å². The fraction of sp³-hybridized carbons (Fsp3) is 0.478. The van der Waals surface area contributed by atoms with Crippen molar-refractivity contribution in [3.63, 3.8) is 0 Å². The lowest BCUT2D eigenvalue weighted by Gasteiger charge is -2.39. The third-order valence-electron chi connectivity index (χ3n) is 6.36. The average Bonchev–Trinajstić information content (AvgIpc) is 3.17. The SMILES string of the molecule is O[C@@]1(c2ccc(-c3ccccc3)cc2)CCCC(C2CCCC2)C1. The molecule has 2 aromatic rings. The molecule has 4 rings (SSSR count). The van der Waals surface area contributed by atoms with Gasteiger partial charge in [0.15, 0.2) is 0 Å². The summed E-state index contributed by atoms with van der Waals surface area (Å²) in [4.78, 5) is 0. The van der Waals surface area contributed by atoms with Crippen LogP contribution in [0.3, 0.4) is 0 Å². The van der Waals surface area contributed by atoms with E-state index < -0.39 is 5.60 Å². The fourth-order valence-corrected chi connectivity index (χ4v) is 4.99. The molecule has 2 aliphatic carbocycles. The Hall–Kier alpha value is -1.60. The first-order valence-electron chi connectivity index (χ1n) is 9.63. The Morgan fingerprint density at radius 2 is 1.33 bits per heavy atom. The van der Waals surface area contributed by atoms with Gasteiger partial charge in [-0.1, -0.05) is 80.3 Å². The molecule has 0 radical (unpaired) electrons. The third kappa shape index (κ3) is 3.15. The summed E-state index contributed by atoms with van der Waals surface area (Å²) in [6, 6.07) is 19.1. The van der Waals surface area contributed by atoms with Crippen LogP contribution in [0, 0.1) is 11.8 Å². The van der Waals surface area contributed by atoms with Crippen LogP contribution in [0.1, 0.15) is 56.9 Å². The van der Waals surface area contributed by atoms with Gasteiger partial charge >= 0.3 is 0 Å². The molecule has 0 heterocycles. The lowest BCUT2D eigenvalue weighted by molar-refractivity contribution is -0.0319. The van der Waals surface area contributed by atoms with Crippen molar-refractivity contribution < 1.29 is 5.11 Å². The molecule has 1 N–H and O–H groups in total. The van der Waals surface area contributed by atoms with Gasteiger partial charge in [0.2, 0.25) is 0 Å². The minimum atomic E-state index is -0.610. The Morgan fingerprint density at radius 3 is 2.04 bits per heavy atom. The molecule has 1 heteroatoms. The van der Waals surface area contributed by atoms with E-state index in [1.54, 1.807) is 0 Å². The van der Waals surface area contributed by atoms with E-state index in [1.165, 1.54) is 43.2 Å². The van der Waals surface area contributed by atoms with Gasteiger partial charge in [-0.3, -0.25) is 0 Å². The lowest BCUT2D eigenvalue weighted by atomic mass is 9.69. The van der Waals surface area contributed by atoms with Gasteiger partial charge in [-0.05, 0) is 54.2 Å². The van der Waals surface area contributed by atoms with Crippen molar-refractivity contribution in [2.24, 2.45) is 11.8 Å². The van der Waals surface area contributed by atoms with Gasteiger partial charge in [-0.15, -0.1) is 0 Å². The van der Waals surface area contributed by atoms with Crippen molar-refractivity contribution in [2.75, 3.05) is 0 Å². The molecule has 0 saturated heterocycles. The first kappa shape index (κ1) is 15.9. The first-order chi connectivity index (χ1) is 11.7. The maximum Gasteiger partial charge on any atom is 0.0899 e. The largest absolute Gasteiger partial charge is 0.385 e. The van der Waals surface area contributed by atoms with Crippen LogP contribution >= 0.6 is 0 Å². The van der Waals surface area contributed by atoms with Crippen LogP contribution in [0.25, 0.3) is 11.1 Å². The van der Waals surface area contributed by atoms with E-state index in [0.29, 0.717) is 0 Å². The molecule has 2 aromatic carbocycles. The second kappa shape index (κ2) is 6.72.